The molecule has 0 N–H and O–H groups in total. The van der Waals surface area contributed by atoms with Crippen molar-refractivity contribution in [2.45, 2.75) is 79.6 Å². The van der Waals surface area contributed by atoms with Crippen molar-refractivity contribution in [3.63, 3.8) is 0 Å². The summed E-state index contributed by atoms with van der Waals surface area (Å²) in [6.45, 7) is 18.9. The predicted octanol–water partition coefficient (Wildman–Crippen LogP) is 10.0. The summed E-state index contributed by atoms with van der Waals surface area (Å²) in [6, 6.07) is 39.0. The molecule has 1 aliphatic rings. The van der Waals surface area contributed by atoms with Crippen molar-refractivity contribution in [2.24, 2.45) is 0 Å². The van der Waals surface area contributed by atoms with Gasteiger partial charge in [0.2, 0.25) is 6.71 Å². The molecular formula is C50H45BN4O2PdPt. The number of rotatable bonds is 9. The van der Waals surface area contributed by atoms with Gasteiger partial charge in [-0.2, -0.15) is 34.2 Å². The van der Waals surface area contributed by atoms with Crippen LogP contribution in [0.4, 0.5) is 0 Å². The van der Waals surface area contributed by atoms with Gasteiger partial charge in [0, 0.05) is 47.8 Å². The smallest absolute Gasteiger partial charge is 0.503 e. The summed E-state index contributed by atoms with van der Waals surface area (Å²) in [5.74, 6) is 2.91. The predicted molar refractivity (Wildman–Crippen MR) is 230 cm³/mol. The van der Waals surface area contributed by atoms with Crippen LogP contribution in [0.2, 0.25) is 0 Å². The number of aromatic nitrogens is 4. The average Bonchev–Trinajstić information content (AvgIpc) is 3.50. The van der Waals surface area contributed by atoms with Gasteiger partial charge in [-0.1, -0.05) is 107 Å². The summed E-state index contributed by atoms with van der Waals surface area (Å²) >= 11 is 0. The van der Waals surface area contributed by atoms with Crippen LogP contribution in [0, 0.1) is 38.1 Å². The zero-order chi connectivity index (χ0) is 40.0. The molecule has 0 aliphatic carbocycles. The van der Waals surface area contributed by atoms with E-state index in [1.807, 2.05) is 49.1 Å². The Morgan fingerprint density at radius 1 is 0.576 bits per heavy atom. The number of fused-ring (bicyclic) bond motifs is 3. The monoisotopic (exact) mass is 1050 g/mol. The molecular weight excluding hydrogens is 1000 g/mol. The molecule has 9 heteroatoms. The first kappa shape index (κ1) is 43.8. The summed E-state index contributed by atoms with van der Waals surface area (Å²) in [4.78, 5) is 19.2. The fraction of sp³-hybridized carbons (Fsp3) is 0.240. The quantitative estimate of drug-likeness (QED) is 0.106. The molecule has 59 heavy (non-hydrogen) atoms. The minimum absolute atomic E-state index is 0. The van der Waals surface area contributed by atoms with E-state index in [9.17, 15) is 0 Å². The maximum absolute atomic E-state index is 6.70. The second-order valence-corrected chi connectivity index (χ2v) is 16.6. The normalized spacial score (nSPS) is 11.8. The van der Waals surface area contributed by atoms with Crippen LogP contribution in [0.25, 0.3) is 33.6 Å². The van der Waals surface area contributed by atoms with Crippen molar-refractivity contribution in [3.8, 4) is 56.6 Å². The average molecular weight is 1050 g/mol. The molecule has 7 aromatic rings. The van der Waals surface area contributed by atoms with E-state index in [-0.39, 0.29) is 65.5 Å². The van der Waals surface area contributed by atoms with Gasteiger partial charge in [-0.15, -0.1) is 59.7 Å². The van der Waals surface area contributed by atoms with Crippen molar-refractivity contribution in [3.05, 3.63) is 150 Å². The molecule has 0 bridgehead atoms. The molecule has 300 valence electrons. The molecule has 0 spiro atoms. The summed E-state index contributed by atoms with van der Waals surface area (Å²) < 4.78 is 13.4. The molecule has 8 rings (SSSR count). The van der Waals surface area contributed by atoms with Crippen molar-refractivity contribution >= 4 is 23.4 Å². The molecule has 1 aliphatic heterocycles. The Labute approximate surface area is 377 Å². The minimum Gasteiger partial charge on any atom is -0.503 e. The van der Waals surface area contributed by atoms with E-state index in [1.54, 1.807) is 0 Å². The second kappa shape index (κ2) is 17.9. The summed E-state index contributed by atoms with van der Waals surface area (Å²) in [5, 5.41) is 0. The maximum Gasteiger partial charge on any atom is 2.00 e. The Morgan fingerprint density at radius 3 is 1.41 bits per heavy atom. The molecule has 6 nitrogen and oxygen atoms in total. The largest absolute Gasteiger partial charge is 2.00 e. The standard InChI is InChI=1S/C50H45BN4O2.Pd.Pt/c1-30(2)39-14-10-34(45-22-32(5)18-20-52-45)24-47(39)56-37-12-16-41-42-17-13-38(27-44(42)51(43(41)26-37)49-54-28-36(29-55-49)50(7,8)9)57-48-25-35(11-15-40(48)31(3)4)46-23-33(6)19-21-53-46;;/h10-23,28-31H,1-9H3;;/q-4;2*+2. The Hall–Kier alpha value is -4.72. The van der Waals surface area contributed by atoms with E-state index < -0.39 is 0 Å². The molecule has 3 aromatic heterocycles. The fourth-order valence-electron chi connectivity index (χ4n) is 7.24. The van der Waals surface area contributed by atoms with Crippen LogP contribution in [-0.2, 0) is 46.9 Å². The maximum atomic E-state index is 6.70. The van der Waals surface area contributed by atoms with E-state index in [1.165, 1.54) is 0 Å². The molecule has 4 heterocycles. The zero-order valence-corrected chi connectivity index (χ0v) is 38.5. The SMILES string of the molecule is Cc1ccnc(-c2[c-]c(Oc3[c-]c4c(cc3)-c3ccc(Oc5[c-]c(-c6cc(C)ccn6)ccc5C(C)C)[c-]c3B4c3ncc(C(C)(C)C)cn3)c(C(C)C)cc2)c1.[Pd+2].[Pt+2]. The third kappa shape index (κ3) is 9.22. The van der Waals surface area contributed by atoms with Crippen LogP contribution in [0.1, 0.15) is 88.1 Å². The van der Waals surface area contributed by atoms with Gasteiger partial charge in [0.25, 0.3) is 0 Å². The van der Waals surface area contributed by atoms with E-state index >= 15 is 0 Å². The van der Waals surface area contributed by atoms with E-state index in [2.05, 4.69) is 145 Å². The van der Waals surface area contributed by atoms with E-state index in [0.717, 1.165) is 72.4 Å². The molecule has 0 unspecified atom stereocenters. The number of aryl methyl sites for hydroxylation is 2. The van der Waals surface area contributed by atoms with Gasteiger partial charge in [0.05, 0.1) is 5.72 Å². The van der Waals surface area contributed by atoms with E-state index in [0.29, 0.717) is 28.7 Å². The molecule has 0 radical (unpaired) electrons. The van der Waals surface area contributed by atoms with Crippen molar-refractivity contribution in [1.29, 1.82) is 0 Å². The molecule has 0 amide bonds. The van der Waals surface area contributed by atoms with E-state index in [4.69, 9.17) is 19.4 Å². The number of pyridine rings is 2. The van der Waals surface area contributed by atoms with Crippen LogP contribution < -0.4 is 26.1 Å². The van der Waals surface area contributed by atoms with Crippen molar-refractivity contribution in [1.82, 2.24) is 19.9 Å². The first-order valence-corrected chi connectivity index (χ1v) is 19.6. The fourth-order valence-corrected chi connectivity index (χ4v) is 7.24. The van der Waals surface area contributed by atoms with Crippen LogP contribution in [0.5, 0.6) is 23.0 Å². The second-order valence-electron chi connectivity index (χ2n) is 16.6. The Balaban J connectivity index is 0.00000293. The van der Waals surface area contributed by atoms with Gasteiger partial charge in [-0.25, -0.2) is 0 Å². The first-order valence-electron chi connectivity index (χ1n) is 19.6. The van der Waals surface area contributed by atoms with Gasteiger partial charge in [0.15, 0.2) is 0 Å². The van der Waals surface area contributed by atoms with Gasteiger partial charge in [0.1, 0.15) is 0 Å². The van der Waals surface area contributed by atoms with Crippen LogP contribution in [-0.4, -0.2) is 26.6 Å². The van der Waals surface area contributed by atoms with Crippen LogP contribution in [0.15, 0.2) is 97.6 Å². The van der Waals surface area contributed by atoms with Gasteiger partial charge < -0.3 is 19.4 Å². The first-order chi connectivity index (χ1) is 27.3. The molecule has 0 fully saturated rings. The molecule has 0 atom stereocenters. The van der Waals surface area contributed by atoms with Crippen LogP contribution >= 0.6 is 0 Å². The number of nitrogens with zero attached hydrogens (tertiary/aromatic N) is 4. The molecule has 4 aromatic carbocycles. The van der Waals surface area contributed by atoms with Crippen LogP contribution in [0.3, 0.4) is 0 Å². The van der Waals surface area contributed by atoms with Gasteiger partial charge in [-0.05, 0) is 48.3 Å². The third-order valence-electron chi connectivity index (χ3n) is 10.5. The third-order valence-corrected chi connectivity index (χ3v) is 10.5. The Kier molecular flexibility index (Phi) is 13.3. The molecule has 0 saturated heterocycles. The number of hydrogen-bond acceptors (Lipinski definition) is 6. The number of benzene rings is 4. The topological polar surface area (TPSA) is 70.0 Å². The summed E-state index contributed by atoms with van der Waals surface area (Å²) in [5.41, 5.74) is 13.4. The molecule has 0 saturated carbocycles. The Bertz CT molecular complexity index is 2470. The van der Waals surface area contributed by atoms with Gasteiger partial charge >= 0.3 is 41.5 Å². The van der Waals surface area contributed by atoms with Crippen molar-refractivity contribution < 1.29 is 51.0 Å². The van der Waals surface area contributed by atoms with Gasteiger partial charge in [-0.3, -0.25) is 9.97 Å². The zero-order valence-electron chi connectivity index (χ0n) is 34.7. The number of ether oxygens (including phenoxy) is 2. The Morgan fingerprint density at radius 2 is 1.02 bits per heavy atom. The number of hydrogen-bond donors (Lipinski definition) is 0. The summed E-state index contributed by atoms with van der Waals surface area (Å²) in [6.07, 6.45) is 7.52. The minimum atomic E-state index is -0.358. The summed E-state index contributed by atoms with van der Waals surface area (Å²) in [7, 11) is 0. The van der Waals surface area contributed by atoms with Crippen molar-refractivity contribution in [2.75, 3.05) is 0 Å².